The van der Waals surface area contributed by atoms with Crippen LogP contribution >= 0.6 is 0 Å². The number of benzene rings is 1. The average Bonchev–Trinajstić information content (AvgIpc) is 2.92. The molecule has 1 fully saturated rings. The number of rotatable bonds is 18. The van der Waals surface area contributed by atoms with Gasteiger partial charge in [0.1, 0.15) is 60.6 Å². The third-order valence-electron chi connectivity index (χ3n) is 17.6. The molecule has 6 N–H and O–H groups in total. The van der Waals surface area contributed by atoms with Crippen molar-refractivity contribution in [3.8, 4) is 0 Å². The number of aliphatic hydroxyl groups excluding tert-OH is 1. The van der Waals surface area contributed by atoms with E-state index in [1.165, 1.54) is 110 Å². The molecule has 24 heteroatoms. The van der Waals surface area contributed by atoms with Crippen LogP contribution in [0.15, 0.2) is 24.3 Å². The Balaban J connectivity index is 2.94. The summed E-state index contributed by atoms with van der Waals surface area (Å²) in [4.78, 5) is 167. The number of aryl methyl sites for hydroxylation is 1. The first-order chi connectivity index (χ1) is 41.5. The molecule has 1 aromatic rings. The minimum atomic E-state index is -1.44. The van der Waals surface area contributed by atoms with E-state index in [4.69, 9.17) is 0 Å². The number of amides is 10. The highest BCUT2D eigenvalue weighted by Gasteiger charge is 2.42. The number of carboxylic acids is 1. The van der Waals surface area contributed by atoms with Crippen molar-refractivity contribution in [3.63, 3.8) is 0 Å². The Bertz CT molecular complexity index is 2550. The van der Waals surface area contributed by atoms with Crippen molar-refractivity contribution in [2.45, 2.75) is 234 Å². The lowest BCUT2D eigenvalue weighted by atomic mass is 9.95. The van der Waals surface area contributed by atoms with E-state index in [2.05, 4.69) is 21.3 Å². The summed E-state index contributed by atoms with van der Waals surface area (Å²) >= 11 is 0. The Morgan fingerprint density at radius 2 is 0.899 bits per heavy atom. The second kappa shape index (κ2) is 36.8. The van der Waals surface area contributed by atoms with Crippen molar-refractivity contribution in [2.24, 2.45) is 23.7 Å². The van der Waals surface area contributed by atoms with Gasteiger partial charge < -0.3 is 60.9 Å². The quantitative estimate of drug-likeness (QED) is 0.121. The zero-order valence-electron chi connectivity index (χ0n) is 57.2. The Morgan fingerprint density at radius 3 is 1.37 bits per heavy atom. The highest BCUT2D eigenvalue weighted by Crippen LogP contribution is 2.24. The monoisotopic (exact) mass is 1250 g/mol. The summed E-state index contributed by atoms with van der Waals surface area (Å²) in [5, 5.41) is 32.6. The molecule has 0 saturated carbocycles. The minimum absolute atomic E-state index is 0.00575. The third kappa shape index (κ3) is 22.3. The smallest absolute Gasteiger partial charge is 0.335 e. The van der Waals surface area contributed by atoms with Gasteiger partial charge in [0.25, 0.3) is 0 Å². The number of carbonyl (C=O) groups excluding carboxylic acids is 10. The lowest BCUT2D eigenvalue weighted by Gasteiger charge is -2.38. The van der Waals surface area contributed by atoms with E-state index in [-0.39, 0.29) is 81.2 Å². The molecule has 1 aromatic carbocycles. The van der Waals surface area contributed by atoms with Crippen LogP contribution in [0.3, 0.4) is 0 Å². The molecule has 1 aliphatic rings. The zero-order chi connectivity index (χ0) is 68.1. The van der Waals surface area contributed by atoms with Crippen molar-refractivity contribution in [2.75, 3.05) is 55.9 Å². The summed E-state index contributed by atoms with van der Waals surface area (Å²) in [6.07, 6.45) is 1.58. The molecule has 0 aromatic heterocycles. The molecule has 0 spiro atoms. The van der Waals surface area contributed by atoms with Crippen molar-refractivity contribution >= 4 is 65.0 Å². The van der Waals surface area contributed by atoms with Gasteiger partial charge in [-0.05, 0) is 133 Å². The third-order valence-corrected chi connectivity index (χ3v) is 17.6. The number of hydrogen-bond acceptors (Lipinski definition) is 13. The fraction of sp³-hybridized carbons (Fsp3) is 0.738. The largest absolute Gasteiger partial charge is 0.478 e. The van der Waals surface area contributed by atoms with E-state index < -0.39 is 138 Å². The fourth-order valence-corrected chi connectivity index (χ4v) is 11.1. The van der Waals surface area contributed by atoms with Gasteiger partial charge in [0.05, 0.1) is 18.2 Å². The summed E-state index contributed by atoms with van der Waals surface area (Å²) in [6.45, 7) is 23.1. The van der Waals surface area contributed by atoms with Crippen molar-refractivity contribution in [3.05, 3.63) is 35.4 Å². The Labute approximate surface area is 530 Å². The number of carboxylic acid groups (broad SMARTS) is 1. The molecule has 0 aliphatic carbocycles. The van der Waals surface area contributed by atoms with Gasteiger partial charge in [0.15, 0.2) is 0 Å². The van der Waals surface area contributed by atoms with Gasteiger partial charge in [-0.25, -0.2) is 4.79 Å². The SMILES string of the molecule is CCC1NC(=O)C(CC)N(C)C(O)CN(C)C(=O)C(CCC(C)C)N(C)C(=O)C(CCC(C)C)N(C)C(=O)C(C)NC(=O)C(C)NC(=O)C(CC)N(C)C(=O)C(C(C)CC)NC(=O)C(CCC(C)C)N(C)C(=O)C(CCc2ccc(C(=O)O)cc2)N(C)C1=O. The van der Waals surface area contributed by atoms with Crippen LogP contribution < -0.4 is 21.3 Å². The first kappa shape index (κ1) is 78.4. The van der Waals surface area contributed by atoms with Gasteiger partial charge in [-0.1, -0.05) is 94.7 Å². The second-order valence-corrected chi connectivity index (χ2v) is 25.8. The van der Waals surface area contributed by atoms with E-state index >= 15 is 4.79 Å². The van der Waals surface area contributed by atoms with E-state index in [0.717, 1.165) is 0 Å². The molecule has 0 radical (unpaired) electrons. The van der Waals surface area contributed by atoms with Crippen LogP contribution in [0.1, 0.15) is 177 Å². The van der Waals surface area contributed by atoms with Crippen LogP contribution in [0.25, 0.3) is 0 Å². The van der Waals surface area contributed by atoms with Gasteiger partial charge in [-0.2, -0.15) is 0 Å². The second-order valence-electron chi connectivity index (χ2n) is 25.8. The maximum atomic E-state index is 15.3. The van der Waals surface area contributed by atoms with Gasteiger partial charge in [-0.3, -0.25) is 52.8 Å². The summed E-state index contributed by atoms with van der Waals surface area (Å²) in [5.41, 5.74) is 0.703. The Hall–Kier alpha value is -6.69. The van der Waals surface area contributed by atoms with Gasteiger partial charge in [0.2, 0.25) is 59.1 Å². The molecular formula is C65H111N11O13. The summed E-state index contributed by atoms with van der Waals surface area (Å²) in [6, 6.07) is -5.49. The first-order valence-electron chi connectivity index (χ1n) is 32.0. The van der Waals surface area contributed by atoms with Crippen LogP contribution in [-0.2, 0) is 54.4 Å². The summed E-state index contributed by atoms with van der Waals surface area (Å²) < 4.78 is 0. The Kier molecular flexibility index (Phi) is 32.5. The maximum absolute atomic E-state index is 15.3. The lowest BCUT2D eigenvalue weighted by molar-refractivity contribution is -0.152. The Morgan fingerprint density at radius 1 is 0.483 bits per heavy atom. The molecule has 0 bridgehead atoms. The molecule has 12 unspecified atom stereocenters. The fourth-order valence-electron chi connectivity index (χ4n) is 11.1. The number of carbonyl (C=O) groups is 11. The number of nitrogens with zero attached hydrogens (tertiary/aromatic N) is 7. The molecular weight excluding hydrogens is 1140 g/mol. The minimum Gasteiger partial charge on any atom is -0.478 e. The van der Waals surface area contributed by atoms with E-state index in [1.54, 1.807) is 39.8 Å². The van der Waals surface area contributed by atoms with Gasteiger partial charge in [0, 0.05) is 42.3 Å². The molecule has 1 saturated heterocycles. The highest BCUT2D eigenvalue weighted by atomic mass is 16.4. The molecule has 504 valence electrons. The van der Waals surface area contributed by atoms with Crippen LogP contribution in [0.2, 0.25) is 0 Å². The summed E-state index contributed by atoms with van der Waals surface area (Å²) in [7, 11) is 10.3. The van der Waals surface area contributed by atoms with E-state index in [1.807, 2.05) is 48.5 Å². The molecule has 10 amide bonds. The summed E-state index contributed by atoms with van der Waals surface area (Å²) in [5.74, 6) is -7.55. The first-order valence-corrected chi connectivity index (χ1v) is 32.0. The predicted octanol–water partition coefficient (Wildman–Crippen LogP) is 4.11. The van der Waals surface area contributed by atoms with E-state index in [0.29, 0.717) is 31.2 Å². The van der Waals surface area contributed by atoms with Crippen molar-refractivity contribution in [1.82, 2.24) is 55.6 Å². The highest BCUT2D eigenvalue weighted by molar-refractivity contribution is 5.99. The number of nitrogens with one attached hydrogen (secondary N) is 4. The number of β-amino-alcohol motifs (C(OH)–C–C–N with tert-alkyl or cyclic N) is 1. The topological polar surface area (TPSA) is 299 Å². The van der Waals surface area contributed by atoms with Crippen LogP contribution in [0.4, 0.5) is 0 Å². The molecule has 12 atom stereocenters. The number of aliphatic hydroxyl groups is 1. The molecule has 1 heterocycles. The molecule has 2 rings (SSSR count). The predicted molar refractivity (Wildman–Crippen MR) is 341 cm³/mol. The van der Waals surface area contributed by atoms with Gasteiger partial charge in [-0.15, -0.1) is 0 Å². The van der Waals surface area contributed by atoms with Crippen LogP contribution in [-0.4, -0.2) is 232 Å². The molecule has 89 heavy (non-hydrogen) atoms. The number of likely N-dealkylation sites (N-methyl/N-ethyl adjacent to an activating group) is 7. The van der Waals surface area contributed by atoms with E-state index in [9.17, 15) is 58.2 Å². The lowest BCUT2D eigenvalue weighted by Crippen LogP contribution is -2.61. The zero-order valence-corrected chi connectivity index (χ0v) is 57.2. The number of hydrogen-bond donors (Lipinski definition) is 6. The van der Waals surface area contributed by atoms with Crippen molar-refractivity contribution < 1.29 is 63.0 Å². The number of aromatic carboxylic acids is 1. The van der Waals surface area contributed by atoms with Gasteiger partial charge >= 0.3 is 5.97 Å². The molecule has 24 nitrogen and oxygen atoms in total. The van der Waals surface area contributed by atoms with Crippen LogP contribution in [0, 0.1) is 23.7 Å². The maximum Gasteiger partial charge on any atom is 0.335 e. The normalized spacial score (nSPS) is 26.5. The standard InChI is InChI=1S/C65H111N11O13/c1-21-41(11)54-64(87)72(16)48(24-4)56(79)66-42(12)55(78)67-43(13)59(82)74(18)51(35-27-40(9)10)63(86)76(20)50(34-26-39(7)8)61(84)70(14)37-53(77)71(15)47(23-3)57(80)68-46(22-2)60(83)75(19)52(36-30-44-28-31-45(32-29-44)65(88)89)62(85)73(17)49(58(81)69-54)33-25-38(5)6/h28-29,31-32,38-43,46-54,77H,21-27,30,33-37H2,1-20H3,(H,66,79)(H,67,78)(H,68,80)(H,69,81)(H,88,89). The molecule has 1 aliphatic heterocycles. The average molecular weight is 1250 g/mol. The van der Waals surface area contributed by atoms with Crippen LogP contribution in [0.5, 0.6) is 0 Å². The van der Waals surface area contributed by atoms with Crippen molar-refractivity contribution in [1.29, 1.82) is 0 Å².